The van der Waals surface area contributed by atoms with E-state index in [1.54, 1.807) is 0 Å². The summed E-state index contributed by atoms with van der Waals surface area (Å²) in [7, 11) is 0. The van der Waals surface area contributed by atoms with Gasteiger partial charge in [0.15, 0.2) is 0 Å². The number of hydrogen-bond acceptors (Lipinski definition) is 6. The Bertz CT molecular complexity index is 308. The molecular weight excluding hydrogens is 268 g/mol. The van der Waals surface area contributed by atoms with Crippen LogP contribution in [0.3, 0.4) is 0 Å². The molecule has 8 nitrogen and oxygen atoms in total. The van der Waals surface area contributed by atoms with Crippen LogP contribution < -0.4 is 10.6 Å². The van der Waals surface area contributed by atoms with Crippen molar-refractivity contribution >= 4 is 11.9 Å². The van der Waals surface area contributed by atoms with Gasteiger partial charge in [-0.2, -0.15) is 0 Å². The number of carboxylic acid groups (broad SMARTS) is 2. The first-order valence-corrected chi connectivity index (χ1v) is 6.43. The first-order chi connectivity index (χ1) is 9.28. The fourth-order valence-electron chi connectivity index (χ4n) is 1.57. The molecule has 1 atom stereocenters. The average molecular weight is 292 g/mol. The number of carboxylic acids is 2. The molecular formula is C12H24N2O6. The zero-order chi connectivity index (χ0) is 15.6. The van der Waals surface area contributed by atoms with Gasteiger partial charge in [0, 0.05) is 13.1 Å². The third-order valence-corrected chi connectivity index (χ3v) is 2.70. The molecule has 0 aromatic heterocycles. The van der Waals surface area contributed by atoms with Crippen molar-refractivity contribution in [2.45, 2.75) is 32.7 Å². The first kappa shape index (κ1) is 18.8. The van der Waals surface area contributed by atoms with Crippen molar-refractivity contribution in [2.24, 2.45) is 5.41 Å². The van der Waals surface area contributed by atoms with Gasteiger partial charge in [-0.15, -0.1) is 0 Å². The van der Waals surface area contributed by atoms with E-state index in [1.165, 1.54) is 0 Å². The van der Waals surface area contributed by atoms with E-state index < -0.39 is 24.4 Å². The van der Waals surface area contributed by atoms with E-state index in [4.69, 9.17) is 15.5 Å². The van der Waals surface area contributed by atoms with Gasteiger partial charge in [-0.05, 0) is 18.4 Å². The lowest BCUT2D eigenvalue weighted by molar-refractivity contribution is -0.242. The summed E-state index contributed by atoms with van der Waals surface area (Å²) in [6.45, 7) is 5.81. The molecule has 0 aliphatic rings. The van der Waals surface area contributed by atoms with Gasteiger partial charge >= 0.3 is 11.9 Å². The van der Waals surface area contributed by atoms with Crippen molar-refractivity contribution < 1.29 is 29.9 Å². The molecule has 5 N–H and O–H groups in total. The van der Waals surface area contributed by atoms with Crippen LogP contribution in [0.5, 0.6) is 0 Å². The van der Waals surface area contributed by atoms with Crippen LogP contribution in [0.1, 0.15) is 26.7 Å². The molecule has 0 rings (SSSR count). The number of hydrogen-bond donors (Lipinski definition) is 5. The molecule has 0 saturated heterocycles. The zero-order valence-electron chi connectivity index (χ0n) is 11.9. The van der Waals surface area contributed by atoms with Gasteiger partial charge in [0.25, 0.3) is 0 Å². The number of aliphatic carboxylic acids is 2. The molecule has 0 aliphatic heterocycles. The Morgan fingerprint density at radius 1 is 1.25 bits per heavy atom. The van der Waals surface area contributed by atoms with E-state index >= 15 is 0 Å². The van der Waals surface area contributed by atoms with Crippen LogP contribution in [0.2, 0.25) is 0 Å². The minimum absolute atomic E-state index is 0.230. The summed E-state index contributed by atoms with van der Waals surface area (Å²) >= 11 is 0. The molecule has 0 radical (unpaired) electrons. The summed E-state index contributed by atoms with van der Waals surface area (Å²) in [6, 6.07) is -1.09. The number of nitrogens with one attached hydrogen (secondary N) is 2. The van der Waals surface area contributed by atoms with Crippen LogP contribution in [-0.2, 0) is 14.5 Å². The largest absolute Gasteiger partial charge is 0.481 e. The molecule has 118 valence electrons. The molecule has 0 aromatic carbocycles. The lowest BCUT2D eigenvalue weighted by Gasteiger charge is -2.27. The fraction of sp³-hybridized carbons (Fsp3) is 0.833. The van der Waals surface area contributed by atoms with Crippen molar-refractivity contribution in [1.29, 1.82) is 0 Å². The van der Waals surface area contributed by atoms with Crippen molar-refractivity contribution in [3.63, 3.8) is 0 Å². The van der Waals surface area contributed by atoms with Gasteiger partial charge in [-0.3, -0.25) is 14.8 Å². The van der Waals surface area contributed by atoms with E-state index in [1.807, 2.05) is 13.8 Å². The van der Waals surface area contributed by atoms with Crippen molar-refractivity contribution in [2.75, 3.05) is 26.2 Å². The second-order valence-corrected chi connectivity index (χ2v) is 5.40. The first-order valence-electron chi connectivity index (χ1n) is 6.43. The highest BCUT2D eigenvalue weighted by atomic mass is 17.1. The van der Waals surface area contributed by atoms with Gasteiger partial charge in [-0.1, -0.05) is 13.8 Å². The smallest absolute Gasteiger partial charge is 0.321 e. The highest BCUT2D eigenvalue weighted by molar-refractivity contribution is 5.80. The Morgan fingerprint density at radius 2 is 1.90 bits per heavy atom. The lowest BCUT2D eigenvalue weighted by Crippen LogP contribution is -2.46. The summed E-state index contributed by atoms with van der Waals surface area (Å²) in [5, 5.41) is 31.6. The summed E-state index contributed by atoms with van der Waals surface area (Å²) in [4.78, 5) is 25.4. The van der Waals surface area contributed by atoms with Crippen LogP contribution in [0, 0.1) is 5.41 Å². The van der Waals surface area contributed by atoms with Crippen LogP contribution in [-0.4, -0.2) is 59.7 Å². The Morgan fingerprint density at radius 3 is 2.40 bits per heavy atom. The van der Waals surface area contributed by atoms with E-state index in [0.717, 1.165) is 0 Å². The summed E-state index contributed by atoms with van der Waals surface area (Å²) in [6.07, 6.45) is 0.212. The van der Waals surface area contributed by atoms with Crippen molar-refractivity contribution in [3.8, 4) is 0 Å². The number of rotatable bonds is 12. The topological polar surface area (TPSA) is 128 Å². The highest BCUT2D eigenvalue weighted by Gasteiger charge is 2.24. The molecule has 8 heteroatoms. The minimum Gasteiger partial charge on any atom is -0.481 e. The Labute approximate surface area is 118 Å². The molecule has 0 fully saturated rings. The maximum Gasteiger partial charge on any atom is 0.321 e. The number of carbonyl (C=O) groups is 2. The molecule has 0 aliphatic carbocycles. The van der Waals surface area contributed by atoms with Crippen LogP contribution in [0.15, 0.2) is 0 Å². The summed E-state index contributed by atoms with van der Waals surface area (Å²) in [5.41, 5.74) is -0.230. The van der Waals surface area contributed by atoms with Gasteiger partial charge < -0.3 is 20.8 Å². The second-order valence-electron chi connectivity index (χ2n) is 5.40. The molecule has 0 saturated carbocycles. The van der Waals surface area contributed by atoms with E-state index in [0.29, 0.717) is 26.1 Å². The summed E-state index contributed by atoms with van der Waals surface area (Å²) < 4.78 is 0. The van der Waals surface area contributed by atoms with Crippen LogP contribution in [0.25, 0.3) is 0 Å². The molecule has 20 heavy (non-hydrogen) atoms. The third kappa shape index (κ3) is 9.68. The van der Waals surface area contributed by atoms with Crippen molar-refractivity contribution in [1.82, 2.24) is 10.6 Å². The molecule has 0 heterocycles. The van der Waals surface area contributed by atoms with Gasteiger partial charge in [0.2, 0.25) is 0 Å². The van der Waals surface area contributed by atoms with E-state index in [2.05, 4.69) is 15.5 Å². The third-order valence-electron chi connectivity index (χ3n) is 2.70. The van der Waals surface area contributed by atoms with E-state index in [-0.39, 0.29) is 12.0 Å². The highest BCUT2D eigenvalue weighted by Crippen LogP contribution is 2.12. The van der Waals surface area contributed by atoms with Crippen LogP contribution >= 0.6 is 0 Å². The Kier molecular flexibility index (Phi) is 9.06. The average Bonchev–Trinajstić information content (AvgIpc) is 2.33. The normalized spacial score (nSPS) is 13.2. The van der Waals surface area contributed by atoms with Gasteiger partial charge in [-0.25, -0.2) is 4.89 Å². The molecule has 0 bridgehead atoms. The fourth-order valence-corrected chi connectivity index (χ4v) is 1.57. The minimum atomic E-state index is -1.17. The predicted octanol–water partition coefficient (Wildman–Crippen LogP) is -0.000600. The summed E-state index contributed by atoms with van der Waals surface area (Å²) in [5.74, 6) is -2.32. The predicted molar refractivity (Wildman–Crippen MR) is 71.5 cm³/mol. The van der Waals surface area contributed by atoms with Crippen LogP contribution in [0.4, 0.5) is 0 Å². The Hall–Kier alpha value is -1.22. The maximum absolute atomic E-state index is 10.9. The maximum atomic E-state index is 10.9. The standard InChI is InChI=1S/C12H24N2O6/c1-12(2,7-13-4-3-5-20-19)8-14-9(11(17)18)6-10(15)16/h9,13-14,19H,3-8H2,1-2H3,(H,15,16)(H,17,18). The monoisotopic (exact) mass is 292 g/mol. The quantitative estimate of drug-likeness (QED) is 0.193. The second kappa shape index (κ2) is 9.65. The van der Waals surface area contributed by atoms with Gasteiger partial charge in [0.1, 0.15) is 6.04 Å². The van der Waals surface area contributed by atoms with Gasteiger partial charge in [0.05, 0.1) is 13.0 Å². The zero-order valence-corrected chi connectivity index (χ0v) is 11.9. The molecule has 0 amide bonds. The molecule has 1 unspecified atom stereocenters. The van der Waals surface area contributed by atoms with E-state index in [9.17, 15) is 9.59 Å². The SMILES string of the molecule is CC(C)(CNCCCOO)CNC(CC(=O)O)C(=O)O. The molecule has 0 spiro atoms. The Balaban J connectivity index is 4.04. The van der Waals surface area contributed by atoms with Crippen molar-refractivity contribution in [3.05, 3.63) is 0 Å². The lowest BCUT2D eigenvalue weighted by atomic mass is 9.93. The molecule has 0 aromatic rings.